The Kier molecular flexibility index (Phi) is 7.11. The molecule has 0 saturated carbocycles. The Morgan fingerprint density at radius 1 is 1.22 bits per heavy atom. The third kappa shape index (κ3) is 5.71. The number of nitrogens with one attached hydrogen (secondary N) is 1. The Morgan fingerprint density at radius 3 is 2.67 bits per heavy atom. The average Bonchev–Trinajstić information content (AvgIpc) is 3.08. The molecule has 1 amide bonds. The van der Waals surface area contributed by atoms with Gasteiger partial charge in [0.1, 0.15) is 0 Å². The molecule has 1 aliphatic heterocycles. The molecule has 1 fully saturated rings. The highest BCUT2D eigenvalue weighted by Gasteiger charge is 2.21. The summed E-state index contributed by atoms with van der Waals surface area (Å²) in [5.74, 6) is 1.64. The van der Waals surface area contributed by atoms with Crippen molar-refractivity contribution >= 4 is 23.6 Å². The van der Waals surface area contributed by atoms with E-state index in [1.807, 2.05) is 18.2 Å². The average molecular weight is 390 g/mol. The van der Waals surface area contributed by atoms with Gasteiger partial charge in [0.05, 0.1) is 25.5 Å². The Morgan fingerprint density at radius 2 is 1.96 bits per heavy atom. The molecular formula is C19H27N5O2S. The summed E-state index contributed by atoms with van der Waals surface area (Å²) in [5.41, 5.74) is 1.18. The van der Waals surface area contributed by atoms with Crippen LogP contribution in [-0.2, 0) is 16.1 Å². The fraction of sp³-hybridized carbons (Fsp3) is 0.526. The maximum Gasteiger partial charge on any atom is 0.230 e. The van der Waals surface area contributed by atoms with E-state index in [2.05, 4.69) is 51.0 Å². The zero-order chi connectivity index (χ0) is 19.1. The van der Waals surface area contributed by atoms with Crippen LogP contribution in [0.4, 0.5) is 5.95 Å². The number of morpholine rings is 1. The Labute approximate surface area is 164 Å². The number of amides is 1. The van der Waals surface area contributed by atoms with Gasteiger partial charge in [-0.2, -0.15) is 0 Å². The van der Waals surface area contributed by atoms with E-state index in [1.165, 1.54) is 17.3 Å². The van der Waals surface area contributed by atoms with Crippen molar-refractivity contribution in [3.05, 3.63) is 35.9 Å². The number of carbonyl (C=O) groups excluding carboxylic acids is 1. The van der Waals surface area contributed by atoms with Gasteiger partial charge in [0, 0.05) is 19.6 Å². The summed E-state index contributed by atoms with van der Waals surface area (Å²) in [4.78, 5) is 14.3. The van der Waals surface area contributed by atoms with Crippen molar-refractivity contribution in [2.75, 3.05) is 43.5 Å². The maximum atomic E-state index is 12.1. The van der Waals surface area contributed by atoms with Gasteiger partial charge in [-0.05, 0) is 11.5 Å². The number of rotatable bonds is 8. The quantitative estimate of drug-likeness (QED) is 0.697. The molecule has 1 aliphatic rings. The lowest BCUT2D eigenvalue weighted by molar-refractivity contribution is -0.118. The highest BCUT2D eigenvalue weighted by atomic mass is 32.2. The molecule has 0 bridgehead atoms. The molecule has 0 atom stereocenters. The lowest BCUT2D eigenvalue weighted by atomic mass is 10.2. The second-order valence-corrected chi connectivity index (χ2v) is 7.88. The highest BCUT2D eigenvalue weighted by molar-refractivity contribution is 7.99. The molecular weight excluding hydrogens is 362 g/mol. The Hall–Kier alpha value is -2.06. The van der Waals surface area contributed by atoms with E-state index in [4.69, 9.17) is 4.74 Å². The van der Waals surface area contributed by atoms with Crippen LogP contribution in [0, 0.1) is 5.92 Å². The maximum absolute atomic E-state index is 12.1. The number of thioether (sulfide) groups is 1. The molecule has 0 unspecified atom stereocenters. The number of nitrogens with zero attached hydrogens (tertiary/aromatic N) is 4. The summed E-state index contributed by atoms with van der Waals surface area (Å²) >= 11 is 1.43. The van der Waals surface area contributed by atoms with Crippen LogP contribution in [0.1, 0.15) is 19.4 Å². The molecule has 146 valence electrons. The number of ether oxygens (including phenoxy) is 1. The van der Waals surface area contributed by atoms with Gasteiger partial charge in [-0.25, -0.2) is 0 Å². The topological polar surface area (TPSA) is 72.3 Å². The first-order valence-corrected chi connectivity index (χ1v) is 10.3. The van der Waals surface area contributed by atoms with Gasteiger partial charge >= 0.3 is 0 Å². The summed E-state index contributed by atoms with van der Waals surface area (Å²) in [5, 5.41) is 12.5. The fourth-order valence-corrected chi connectivity index (χ4v) is 3.55. The summed E-state index contributed by atoms with van der Waals surface area (Å²) < 4.78 is 7.55. The van der Waals surface area contributed by atoms with Crippen LogP contribution in [0.25, 0.3) is 0 Å². The predicted octanol–water partition coefficient (Wildman–Crippen LogP) is 2.03. The lowest BCUT2D eigenvalue weighted by Gasteiger charge is -2.28. The zero-order valence-corrected chi connectivity index (χ0v) is 16.7. The van der Waals surface area contributed by atoms with Crippen LogP contribution in [0.15, 0.2) is 35.5 Å². The first kappa shape index (κ1) is 19.7. The molecule has 1 aromatic carbocycles. The molecule has 7 nitrogen and oxygen atoms in total. The van der Waals surface area contributed by atoms with Crippen molar-refractivity contribution in [1.29, 1.82) is 0 Å². The molecule has 1 N–H and O–H groups in total. The molecule has 8 heteroatoms. The van der Waals surface area contributed by atoms with Crippen molar-refractivity contribution in [3.63, 3.8) is 0 Å². The largest absolute Gasteiger partial charge is 0.378 e. The highest BCUT2D eigenvalue weighted by Crippen LogP contribution is 2.24. The van der Waals surface area contributed by atoms with Gasteiger partial charge in [0.15, 0.2) is 5.16 Å². The van der Waals surface area contributed by atoms with Crippen LogP contribution in [0.3, 0.4) is 0 Å². The van der Waals surface area contributed by atoms with Crippen LogP contribution < -0.4 is 10.2 Å². The molecule has 27 heavy (non-hydrogen) atoms. The van der Waals surface area contributed by atoms with E-state index in [0.29, 0.717) is 38.0 Å². The summed E-state index contributed by atoms with van der Waals surface area (Å²) in [6, 6.07) is 10.2. The van der Waals surface area contributed by atoms with E-state index >= 15 is 0 Å². The van der Waals surface area contributed by atoms with Gasteiger partial charge < -0.3 is 15.0 Å². The summed E-state index contributed by atoms with van der Waals surface area (Å²) in [7, 11) is 0. The standard InChI is InChI=1S/C19H27N5O2S/c1-15(2)12-20-17(25)14-27-19-22-21-18(23-8-10-26-11-9-23)24(19)13-16-6-4-3-5-7-16/h3-7,15H,8-14H2,1-2H3,(H,20,25). The molecule has 3 rings (SSSR count). The van der Waals surface area contributed by atoms with Crippen molar-refractivity contribution in [2.24, 2.45) is 5.92 Å². The van der Waals surface area contributed by atoms with Gasteiger partial charge in [0.25, 0.3) is 0 Å². The number of aromatic nitrogens is 3. The van der Waals surface area contributed by atoms with Crippen LogP contribution in [-0.4, -0.2) is 59.3 Å². The van der Waals surface area contributed by atoms with E-state index in [9.17, 15) is 4.79 Å². The first-order chi connectivity index (χ1) is 13.1. The Balaban J connectivity index is 1.74. The summed E-state index contributed by atoms with van der Waals surface area (Å²) in [6.45, 7) is 8.51. The van der Waals surface area contributed by atoms with Crippen molar-refractivity contribution < 1.29 is 9.53 Å². The number of anilines is 1. The number of carbonyl (C=O) groups is 1. The molecule has 0 aliphatic carbocycles. The third-order valence-electron chi connectivity index (χ3n) is 4.21. The van der Waals surface area contributed by atoms with E-state index < -0.39 is 0 Å². The number of hydrogen-bond donors (Lipinski definition) is 1. The Bertz CT molecular complexity index is 729. The van der Waals surface area contributed by atoms with E-state index in [-0.39, 0.29) is 5.91 Å². The van der Waals surface area contributed by atoms with Gasteiger partial charge in [-0.3, -0.25) is 9.36 Å². The van der Waals surface area contributed by atoms with Crippen LogP contribution in [0.2, 0.25) is 0 Å². The molecule has 1 aromatic heterocycles. The second-order valence-electron chi connectivity index (χ2n) is 6.94. The molecule has 0 radical (unpaired) electrons. The minimum Gasteiger partial charge on any atom is -0.378 e. The third-order valence-corrected chi connectivity index (χ3v) is 5.18. The minimum absolute atomic E-state index is 0.0240. The van der Waals surface area contributed by atoms with Crippen molar-refractivity contribution in [2.45, 2.75) is 25.5 Å². The van der Waals surface area contributed by atoms with Gasteiger partial charge in [0.2, 0.25) is 11.9 Å². The van der Waals surface area contributed by atoms with E-state index in [1.54, 1.807) is 0 Å². The normalized spacial score (nSPS) is 14.6. The summed E-state index contributed by atoms with van der Waals surface area (Å²) in [6.07, 6.45) is 0. The zero-order valence-electron chi connectivity index (χ0n) is 15.9. The van der Waals surface area contributed by atoms with Crippen molar-refractivity contribution in [3.8, 4) is 0 Å². The minimum atomic E-state index is 0.0240. The molecule has 1 saturated heterocycles. The first-order valence-electron chi connectivity index (χ1n) is 9.33. The number of hydrogen-bond acceptors (Lipinski definition) is 6. The van der Waals surface area contributed by atoms with Gasteiger partial charge in [-0.15, -0.1) is 10.2 Å². The lowest BCUT2D eigenvalue weighted by Crippen LogP contribution is -2.38. The smallest absolute Gasteiger partial charge is 0.230 e. The monoisotopic (exact) mass is 389 g/mol. The molecule has 2 aromatic rings. The second kappa shape index (κ2) is 9.75. The van der Waals surface area contributed by atoms with Crippen molar-refractivity contribution in [1.82, 2.24) is 20.1 Å². The van der Waals surface area contributed by atoms with E-state index in [0.717, 1.165) is 24.2 Å². The van der Waals surface area contributed by atoms with Crippen LogP contribution >= 0.6 is 11.8 Å². The fourth-order valence-electron chi connectivity index (χ4n) is 2.79. The number of benzene rings is 1. The van der Waals surface area contributed by atoms with Crippen LogP contribution in [0.5, 0.6) is 0 Å². The molecule has 0 spiro atoms. The van der Waals surface area contributed by atoms with Gasteiger partial charge in [-0.1, -0.05) is 55.9 Å². The molecule has 2 heterocycles. The SMILES string of the molecule is CC(C)CNC(=O)CSc1nnc(N2CCOCC2)n1Cc1ccccc1. The predicted molar refractivity (Wildman–Crippen MR) is 107 cm³/mol.